The molecule has 126 valence electrons. The predicted molar refractivity (Wildman–Crippen MR) is 96.9 cm³/mol. The lowest BCUT2D eigenvalue weighted by Crippen LogP contribution is -2.28. The molecule has 0 unspecified atom stereocenters. The van der Waals surface area contributed by atoms with E-state index in [1.54, 1.807) is 18.2 Å². The SMILES string of the molecule is O=S(=O)(ONC(=Nc1ccccc1)c1ccccc1)c1ccccc1. The van der Waals surface area contributed by atoms with Crippen molar-refractivity contribution < 1.29 is 12.7 Å². The van der Waals surface area contributed by atoms with Gasteiger partial charge in [0.25, 0.3) is 0 Å². The average Bonchev–Trinajstić information content (AvgIpc) is 2.67. The molecule has 0 fully saturated rings. The first-order chi connectivity index (χ1) is 12.1. The number of nitrogens with zero attached hydrogens (tertiary/aromatic N) is 1. The van der Waals surface area contributed by atoms with Gasteiger partial charge in [-0.25, -0.2) is 10.5 Å². The summed E-state index contributed by atoms with van der Waals surface area (Å²) in [4.78, 5) is 4.51. The lowest BCUT2D eigenvalue weighted by molar-refractivity contribution is 0.268. The van der Waals surface area contributed by atoms with E-state index in [4.69, 9.17) is 4.28 Å². The van der Waals surface area contributed by atoms with Gasteiger partial charge in [-0.05, 0) is 24.3 Å². The van der Waals surface area contributed by atoms with Crippen LogP contribution in [0.15, 0.2) is 101 Å². The number of rotatable bonds is 5. The van der Waals surface area contributed by atoms with E-state index in [1.165, 1.54) is 12.1 Å². The van der Waals surface area contributed by atoms with E-state index in [0.29, 0.717) is 17.1 Å². The molecule has 25 heavy (non-hydrogen) atoms. The summed E-state index contributed by atoms with van der Waals surface area (Å²) in [6.45, 7) is 0. The van der Waals surface area contributed by atoms with Crippen LogP contribution in [0.4, 0.5) is 5.69 Å². The van der Waals surface area contributed by atoms with Crippen molar-refractivity contribution in [2.45, 2.75) is 4.90 Å². The van der Waals surface area contributed by atoms with Crippen LogP contribution in [0.1, 0.15) is 5.56 Å². The fourth-order valence-electron chi connectivity index (χ4n) is 2.10. The van der Waals surface area contributed by atoms with Crippen LogP contribution in [0.3, 0.4) is 0 Å². The van der Waals surface area contributed by atoms with Crippen molar-refractivity contribution >= 4 is 21.6 Å². The van der Waals surface area contributed by atoms with Crippen molar-refractivity contribution in [3.63, 3.8) is 0 Å². The second kappa shape index (κ2) is 7.74. The van der Waals surface area contributed by atoms with Gasteiger partial charge in [-0.1, -0.05) is 66.7 Å². The molecule has 0 saturated heterocycles. The quantitative estimate of drug-likeness (QED) is 0.432. The van der Waals surface area contributed by atoms with E-state index in [-0.39, 0.29) is 4.90 Å². The van der Waals surface area contributed by atoms with Crippen LogP contribution in [0, 0.1) is 0 Å². The van der Waals surface area contributed by atoms with E-state index in [9.17, 15) is 8.42 Å². The molecule has 0 heterocycles. The number of hydrogen-bond acceptors (Lipinski definition) is 4. The molecule has 0 aliphatic heterocycles. The topological polar surface area (TPSA) is 67.8 Å². The van der Waals surface area contributed by atoms with Gasteiger partial charge in [0.05, 0.1) is 10.6 Å². The first-order valence-corrected chi connectivity index (χ1v) is 9.00. The normalized spacial score (nSPS) is 11.9. The molecule has 0 aliphatic carbocycles. The van der Waals surface area contributed by atoms with E-state index in [1.807, 2.05) is 60.7 Å². The number of amidine groups is 1. The van der Waals surface area contributed by atoms with Crippen molar-refractivity contribution in [2.75, 3.05) is 0 Å². The van der Waals surface area contributed by atoms with Crippen molar-refractivity contribution in [3.8, 4) is 0 Å². The van der Waals surface area contributed by atoms with Crippen LogP contribution in [-0.2, 0) is 14.4 Å². The summed E-state index contributed by atoms with van der Waals surface area (Å²) in [6, 6.07) is 26.3. The Hall–Kier alpha value is -2.96. The first-order valence-electron chi connectivity index (χ1n) is 7.59. The highest BCUT2D eigenvalue weighted by Gasteiger charge is 2.16. The first kappa shape index (κ1) is 16.9. The Kier molecular flexibility index (Phi) is 5.23. The summed E-state index contributed by atoms with van der Waals surface area (Å²) in [6.07, 6.45) is 0. The molecular formula is C19H16N2O3S. The van der Waals surface area contributed by atoms with E-state index in [0.717, 1.165) is 0 Å². The lowest BCUT2D eigenvalue weighted by Gasteiger charge is -2.10. The van der Waals surface area contributed by atoms with Crippen LogP contribution < -0.4 is 5.48 Å². The van der Waals surface area contributed by atoms with Gasteiger partial charge >= 0.3 is 10.1 Å². The molecule has 3 aromatic rings. The van der Waals surface area contributed by atoms with Gasteiger partial charge in [0.2, 0.25) is 0 Å². The zero-order valence-electron chi connectivity index (χ0n) is 13.2. The third-order valence-corrected chi connectivity index (χ3v) is 4.48. The van der Waals surface area contributed by atoms with Gasteiger partial charge in [-0.15, -0.1) is 4.28 Å². The number of para-hydroxylation sites is 1. The molecule has 3 aromatic carbocycles. The van der Waals surface area contributed by atoms with Crippen molar-refractivity contribution in [2.24, 2.45) is 4.99 Å². The third kappa shape index (κ3) is 4.53. The summed E-state index contributed by atoms with van der Waals surface area (Å²) in [7, 11) is -3.95. The van der Waals surface area contributed by atoms with Gasteiger partial charge in [-0.3, -0.25) is 0 Å². The highest BCUT2D eigenvalue weighted by atomic mass is 32.2. The molecule has 5 nitrogen and oxygen atoms in total. The van der Waals surface area contributed by atoms with Gasteiger partial charge < -0.3 is 0 Å². The van der Waals surface area contributed by atoms with E-state index in [2.05, 4.69) is 10.5 Å². The Labute approximate surface area is 146 Å². The fraction of sp³-hybridized carbons (Fsp3) is 0. The Bertz CT molecular complexity index is 942. The molecule has 6 heteroatoms. The molecule has 0 atom stereocenters. The molecule has 0 aromatic heterocycles. The van der Waals surface area contributed by atoms with Crippen LogP contribution in [0.5, 0.6) is 0 Å². The number of benzene rings is 3. The maximum absolute atomic E-state index is 12.3. The van der Waals surface area contributed by atoms with Gasteiger partial charge in [0.15, 0.2) is 5.84 Å². The lowest BCUT2D eigenvalue weighted by atomic mass is 10.2. The van der Waals surface area contributed by atoms with Gasteiger partial charge in [0.1, 0.15) is 0 Å². The molecule has 0 radical (unpaired) electrons. The Morgan fingerprint density at radius 3 is 1.88 bits per heavy atom. The minimum absolute atomic E-state index is 0.0645. The molecule has 1 N–H and O–H groups in total. The molecule has 0 aliphatic rings. The third-order valence-electron chi connectivity index (χ3n) is 3.32. The number of hydrogen-bond donors (Lipinski definition) is 1. The monoisotopic (exact) mass is 352 g/mol. The number of aliphatic imine (C=N–C) groups is 1. The van der Waals surface area contributed by atoms with Gasteiger partial charge in [-0.2, -0.15) is 8.42 Å². The molecule has 0 spiro atoms. The van der Waals surface area contributed by atoms with Crippen molar-refractivity contribution in [1.29, 1.82) is 0 Å². The fourth-order valence-corrected chi connectivity index (χ4v) is 2.88. The van der Waals surface area contributed by atoms with Crippen LogP contribution in [0.2, 0.25) is 0 Å². The van der Waals surface area contributed by atoms with Crippen LogP contribution >= 0.6 is 0 Å². The Balaban J connectivity index is 1.88. The number of nitrogens with one attached hydrogen (secondary N) is 1. The standard InChI is InChI=1S/C19H16N2O3S/c22-25(23,18-14-8-3-9-15-18)24-21-19(16-10-4-1-5-11-16)20-17-12-6-2-7-13-17/h1-15H,(H,20,21). The summed E-state index contributed by atoms with van der Waals surface area (Å²) in [5.74, 6) is 0.298. The van der Waals surface area contributed by atoms with Crippen LogP contribution in [0.25, 0.3) is 0 Å². The van der Waals surface area contributed by atoms with E-state index < -0.39 is 10.1 Å². The Morgan fingerprint density at radius 2 is 1.28 bits per heavy atom. The Morgan fingerprint density at radius 1 is 0.760 bits per heavy atom. The van der Waals surface area contributed by atoms with Crippen LogP contribution in [-0.4, -0.2) is 14.3 Å². The maximum atomic E-state index is 12.3. The van der Waals surface area contributed by atoms with E-state index >= 15 is 0 Å². The molecule has 0 bridgehead atoms. The highest BCUT2D eigenvalue weighted by Crippen LogP contribution is 2.14. The zero-order valence-corrected chi connectivity index (χ0v) is 14.1. The summed E-state index contributed by atoms with van der Waals surface area (Å²) in [5.41, 5.74) is 3.86. The second-order valence-corrected chi connectivity index (χ2v) is 6.66. The summed E-state index contributed by atoms with van der Waals surface area (Å²) < 4.78 is 29.6. The molecule has 0 amide bonds. The van der Waals surface area contributed by atoms with Crippen molar-refractivity contribution in [3.05, 3.63) is 96.6 Å². The molecule has 3 rings (SSSR count). The highest BCUT2D eigenvalue weighted by molar-refractivity contribution is 7.86. The zero-order chi connectivity index (χ0) is 17.5. The van der Waals surface area contributed by atoms with Gasteiger partial charge in [0, 0.05) is 5.56 Å². The minimum atomic E-state index is -3.95. The van der Waals surface area contributed by atoms with Crippen molar-refractivity contribution in [1.82, 2.24) is 5.48 Å². The molecule has 0 saturated carbocycles. The maximum Gasteiger partial charge on any atom is 0.317 e. The predicted octanol–water partition coefficient (Wildman–Crippen LogP) is 3.68. The number of hydroxylamine groups is 1. The summed E-state index contributed by atoms with van der Waals surface area (Å²) in [5, 5.41) is 0. The average molecular weight is 352 g/mol. The largest absolute Gasteiger partial charge is 0.317 e. The molecular weight excluding hydrogens is 336 g/mol. The smallest absolute Gasteiger partial charge is 0.230 e. The second-order valence-electron chi connectivity index (χ2n) is 5.11. The summed E-state index contributed by atoms with van der Waals surface area (Å²) >= 11 is 0. The minimum Gasteiger partial charge on any atom is -0.230 e.